The molecule has 6 nitrogen and oxygen atoms in total. The van der Waals surface area contributed by atoms with Crippen LogP contribution in [0.5, 0.6) is 5.88 Å². The highest BCUT2D eigenvalue weighted by molar-refractivity contribution is 9.10. The third-order valence-corrected chi connectivity index (χ3v) is 2.56. The van der Waals surface area contributed by atoms with Crippen molar-refractivity contribution < 1.29 is 9.66 Å². The first-order chi connectivity index (χ1) is 7.97. The van der Waals surface area contributed by atoms with E-state index in [2.05, 4.69) is 20.9 Å². The molecule has 1 aromatic rings. The average molecular weight is 302 g/mol. The van der Waals surface area contributed by atoms with Crippen LogP contribution < -0.4 is 4.74 Å². The monoisotopic (exact) mass is 301 g/mol. The zero-order chi connectivity index (χ0) is 13.0. The summed E-state index contributed by atoms with van der Waals surface area (Å²) >= 11 is 3.24. The molecule has 7 heteroatoms. The Balaban J connectivity index is 3.39. The summed E-state index contributed by atoms with van der Waals surface area (Å²) in [6, 6.07) is 0. The standard InChI is InChI=1S/C10H12BrN3O3/c1-13(2)5-4-7-8(11)6-12-10(17-3)9(7)14(15)16/h4-6H,1-3H3. The van der Waals surface area contributed by atoms with Gasteiger partial charge in [0.05, 0.1) is 22.1 Å². The Morgan fingerprint density at radius 3 is 2.71 bits per heavy atom. The molecule has 0 aliphatic rings. The number of halogens is 1. The van der Waals surface area contributed by atoms with Crippen LogP contribution >= 0.6 is 15.9 Å². The minimum absolute atomic E-state index is 0.00314. The van der Waals surface area contributed by atoms with Crippen LogP contribution in [0.4, 0.5) is 5.69 Å². The van der Waals surface area contributed by atoms with Gasteiger partial charge >= 0.3 is 5.69 Å². The predicted octanol–water partition coefficient (Wildman–Crippen LogP) is 2.29. The molecule has 17 heavy (non-hydrogen) atoms. The number of hydrogen-bond donors (Lipinski definition) is 0. The summed E-state index contributed by atoms with van der Waals surface area (Å²) in [5, 5.41) is 11.0. The molecule has 0 spiro atoms. The van der Waals surface area contributed by atoms with E-state index in [1.54, 1.807) is 17.2 Å². The Labute approximate surface area is 107 Å². The van der Waals surface area contributed by atoms with Crippen molar-refractivity contribution in [3.8, 4) is 5.88 Å². The maximum absolute atomic E-state index is 11.0. The van der Waals surface area contributed by atoms with Gasteiger partial charge in [0.15, 0.2) is 0 Å². The van der Waals surface area contributed by atoms with Crippen LogP contribution in [0.15, 0.2) is 16.9 Å². The second kappa shape index (κ2) is 5.62. The van der Waals surface area contributed by atoms with Gasteiger partial charge in [0.1, 0.15) is 0 Å². The Morgan fingerprint density at radius 1 is 1.59 bits per heavy atom. The number of nitro groups is 1. The zero-order valence-electron chi connectivity index (χ0n) is 9.68. The minimum atomic E-state index is -0.508. The SMILES string of the molecule is COc1ncc(Br)c(C=CN(C)C)c1[N+](=O)[O-]. The zero-order valence-corrected chi connectivity index (χ0v) is 11.3. The van der Waals surface area contributed by atoms with E-state index in [9.17, 15) is 10.1 Å². The molecule has 0 aliphatic heterocycles. The fourth-order valence-corrected chi connectivity index (χ4v) is 1.60. The van der Waals surface area contributed by atoms with Gasteiger partial charge in [-0.3, -0.25) is 10.1 Å². The predicted molar refractivity (Wildman–Crippen MR) is 67.9 cm³/mol. The number of hydrogen-bond acceptors (Lipinski definition) is 5. The van der Waals surface area contributed by atoms with Gasteiger partial charge in [-0.25, -0.2) is 4.98 Å². The lowest BCUT2D eigenvalue weighted by molar-refractivity contribution is -0.386. The van der Waals surface area contributed by atoms with Gasteiger partial charge in [-0.2, -0.15) is 0 Å². The number of nitrogens with zero attached hydrogens (tertiary/aromatic N) is 3. The van der Waals surface area contributed by atoms with E-state index in [4.69, 9.17) is 4.74 Å². The van der Waals surface area contributed by atoms with E-state index in [0.29, 0.717) is 10.0 Å². The molecule has 0 atom stereocenters. The van der Waals surface area contributed by atoms with Crippen LogP contribution in [0, 0.1) is 10.1 Å². The van der Waals surface area contributed by atoms with Crippen LogP contribution in [-0.2, 0) is 0 Å². The average Bonchev–Trinajstić information content (AvgIpc) is 2.26. The second-order valence-corrected chi connectivity index (χ2v) is 4.27. The van der Waals surface area contributed by atoms with Gasteiger partial charge in [0.2, 0.25) is 0 Å². The van der Waals surface area contributed by atoms with Crippen molar-refractivity contribution in [3.05, 3.63) is 32.5 Å². The van der Waals surface area contributed by atoms with Gasteiger partial charge < -0.3 is 9.64 Å². The van der Waals surface area contributed by atoms with Crippen molar-refractivity contribution >= 4 is 27.7 Å². The van der Waals surface area contributed by atoms with Crippen molar-refractivity contribution in [1.29, 1.82) is 0 Å². The Kier molecular flexibility index (Phi) is 4.45. The van der Waals surface area contributed by atoms with Crippen LogP contribution in [0.1, 0.15) is 5.56 Å². The van der Waals surface area contributed by atoms with Crippen LogP contribution in [0.25, 0.3) is 6.08 Å². The largest absolute Gasteiger partial charge is 0.476 e. The fraction of sp³-hybridized carbons (Fsp3) is 0.300. The maximum Gasteiger partial charge on any atom is 0.339 e. The molecule has 0 saturated carbocycles. The molecule has 1 heterocycles. The summed E-state index contributed by atoms with van der Waals surface area (Å²) < 4.78 is 5.43. The topological polar surface area (TPSA) is 68.5 Å². The Bertz CT molecular complexity index is 460. The van der Waals surface area contributed by atoms with Gasteiger partial charge in [0, 0.05) is 20.3 Å². The summed E-state index contributed by atoms with van der Waals surface area (Å²) in [4.78, 5) is 16.1. The highest BCUT2D eigenvalue weighted by Gasteiger charge is 2.23. The van der Waals surface area contributed by atoms with E-state index in [1.165, 1.54) is 13.3 Å². The van der Waals surface area contributed by atoms with Crippen molar-refractivity contribution in [2.45, 2.75) is 0 Å². The molecule has 0 aromatic carbocycles. The van der Waals surface area contributed by atoms with E-state index < -0.39 is 4.92 Å². The van der Waals surface area contributed by atoms with Crippen molar-refractivity contribution in [2.24, 2.45) is 0 Å². The van der Waals surface area contributed by atoms with Crippen LogP contribution in [0.2, 0.25) is 0 Å². The first-order valence-electron chi connectivity index (χ1n) is 4.69. The third-order valence-electron chi connectivity index (χ3n) is 1.93. The van der Waals surface area contributed by atoms with E-state index in [1.807, 2.05) is 14.1 Å². The lowest BCUT2D eigenvalue weighted by Gasteiger charge is -2.07. The number of pyridine rings is 1. The molecular formula is C10H12BrN3O3. The second-order valence-electron chi connectivity index (χ2n) is 3.41. The molecule has 92 valence electrons. The lowest BCUT2D eigenvalue weighted by atomic mass is 10.2. The van der Waals surface area contributed by atoms with Gasteiger partial charge in [-0.15, -0.1) is 0 Å². The van der Waals surface area contributed by atoms with Crippen LogP contribution in [0.3, 0.4) is 0 Å². The molecular weight excluding hydrogens is 290 g/mol. The summed E-state index contributed by atoms with van der Waals surface area (Å²) in [6.45, 7) is 0. The molecule has 0 fully saturated rings. The van der Waals surface area contributed by atoms with E-state index in [-0.39, 0.29) is 11.6 Å². The molecule has 0 amide bonds. The van der Waals surface area contributed by atoms with Crippen molar-refractivity contribution in [1.82, 2.24) is 9.88 Å². The fourth-order valence-electron chi connectivity index (χ4n) is 1.18. The van der Waals surface area contributed by atoms with Crippen molar-refractivity contribution in [3.63, 3.8) is 0 Å². The Morgan fingerprint density at radius 2 is 2.24 bits per heavy atom. The third kappa shape index (κ3) is 3.16. The van der Waals surface area contributed by atoms with E-state index >= 15 is 0 Å². The first-order valence-corrected chi connectivity index (χ1v) is 5.48. The molecule has 0 bridgehead atoms. The van der Waals surface area contributed by atoms with Gasteiger partial charge in [-0.05, 0) is 28.2 Å². The number of rotatable bonds is 4. The molecule has 0 saturated heterocycles. The number of methoxy groups -OCH3 is 1. The smallest absolute Gasteiger partial charge is 0.339 e. The number of aromatic nitrogens is 1. The van der Waals surface area contributed by atoms with Gasteiger partial charge in [0.25, 0.3) is 5.88 Å². The quantitative estimate of drug-likeness (QED) is 0.630. The van der Waals surface area contributed by atoms with Crippen LogP contribution in [-0.4, -0.2) is 36.0 Å². The highest BCUT2D eigenvalue weighted by Crippen LogP contribution is 2.34. The summed E-state index contributed by atoms with van der Waals surface area (Å²) in [6.07, 6.45) is 4.82. The van der Waals surface area contributed by atoms with Crippen molar-refractivity contribution in [2.75, 3.05) is 21.2 Å². The van der Waals surface area contributed by atoms with E-state index in [0.717, 1.165) is 0 Å². The van der Waals surface area contributed by atoms with Gasteiger partial charge in [-0.1, -0.05) is 0 Å². The first kappa shape index (κ1) is 13.4. The lowest BCUT2D eigenvalue weighted by Crippen LogP contribution is -2.02. The highest BCUT2D eigenvalue weighted by atomic mass is 79.9. The normalized spacial score (nSPS) is 10.6. The molecule has 1 aromatic heterocycles. The number of ether oxygens (including phenoxy) is 1. The minimum Gasteiger partial charge on any atom is -0.476 e. The maximum atomic E-state index is 11.0. The molecule has 0 unspecified atom stereocenters. The molecule has 1 rings (SSSR count). The molecule has 0 aliphatic carbocycles. The molecule has 0 radical (unpaired) electrons. The Hall–Kier alpha value is -1.63. The summed E-state index contributed by atoms with van der Waals surface area (Å²) in [5.74, 6) is -0.00314. The summed E-state index contributed by atoms with van der Waals surface area (Å²) in [7, 11) is 5.01. The molecule has 0 N–H and O–H groups in total. The summed E-state index contributed by atoms with van der Waals surface area (Å²) in [5.41, 5.74) is 0.274.